The van der Waals surface area contributed by atoms with E-state index >= 15 is 0 Å². The number of ketones is 1. The van der Waals surface area contributed by atoms with Gasteiger partial charge in [0.25, 0.3) is 5.89 Å². The Morgan fingerprint density at radius 2 is 1.86 bits per heavy atom. The Kier molecular flexibility index (Phi) is 7.26. The quantitative estimate of drug-likeness (QED) is 0.205. The summed E-state index contributed by atoms with van der Waals surface area (Å²) in [6.45, 7) is 11.2. The Hall–Kier alpha value is -5.30. The molecular weight excluding hydrogens is 640 g/mol. The molecule has 13 nitrogen and oxygen atoms in total. The van der Waals surface area contributed by atoms with Gasteiger partial charge in [0.2, 0.25) is 17.7 Å². The number of anilines is 1. The smallest absolute Gasteiger partial charge is 0.279 e. The van der Waals surface area contributed by atoms with Crippen molar-refractivity contribution in [3.63, 3.8) is 0 Å². The third-order valence-corrected chi connectivity index (χ3v) is 9.86. The van der Waals surface area contributed by atoms with Crippen LogP contribution < -0.4 is 15.4 Å². The van der Waals surface area contributed by atoms with Gasteiger partial charge in [0.05, 0.1) is 0 Å². The Balaban J connectivity index is 1.37. The van der Waals surface area contributed by atoms with Crippen LogP contribution in [0, 0.1) is 24.2 Å². The van der Waals surface area contributed by atoms with E-state index < -0.39 is 35.1 Å². The highest BCUT2D eigenvalue weighted by molar-refractivity contribution is 5.89. The summed E-state index contributed by atoms with van der Waals surface area (Å²) >= 11 is 0. The molecule has 8 rings (SSSR count). The lowest BCUT2D eigenvalue weighted by Crippen LogP contribution is -2.42. The number of amides is 1. The zero-order valence-corrected chi connectivity index (χ0v) is 28.6. The average Bonchev–Trinajstić information content (AvgIpc) is 3.89. The van der Waals surface area contributed by atoms with Crippen molar-refractivity contribution in [2.45, 2.75) is 78.2 Å². The van der Waals surface area contributed by atoms with E-state index in [1.807, 2.05) is 63.2 Å². The number of fused-ring (bicyclic) bond motifs is 4. The number of ether oxygens (including phenoxy) is 1. The molecule has 258 valence electrons. The van der Waals surface area contributed by atoms with Gasteiger partial charge in [-0.25, -0.2) is 9.97 Å². The van der Waals surface area contributed by atoms with Crippen molar-refractivity contribution in [1.29, 1.82) is 0 Å². The van der Waals surface area contributed by atoms with Crippen molar-refractivity contribution >= 4 is 17.4 Å². The number of benzene rings is 2. The molecule has 1 spiro atoms. The van der Waals surface area contributed by atoms with E-state index in [0.717, 1.165) is 22.4 Å². The Morgan fingerprint density at radius 1 is 1.06 bits per heavy atom. The maximum Gasteiger partial charge on any atom is 0.279 e. The molecule has 4 bridgehead atoms. The molecule has 3 N–H and O–H groups in total. The van der Waals surface area contributed by atoms with Crippen molar-refractivity contribution in [3.05, 3.63) is 82.9 Å². The van der Waals surface area contributed by atoms with Gasteiger partial charge in [0.1, 0.15) is 29.6 Å². The lowest BCUT2D eigenvalue weighted by molar-refractivity contribution is -0.135. The molecule has 0 fully saturated rings. The van der Waals surface area contributed by atoms with Crippen LogP contribution in [0.4, 0.5) is 5.69 Å². The minimum absolute atomic E-state index is 0.135. The molecule has 50 heavy (non-hydrogen) atoms. The van der Waals surface area contributed by atoms with Gasteiger partial charge >= 0.3 is 0 Å². The number of hydrogen-bond donors (Lipinski definition) is 3. The second-order valence-corrected chi connectivity index (χ2v) is 14.8. The van der Waals surface area contributed by atoms with Crippen LogP contribution in [-0.2, 0) is 21.4 Å². The zero-order chi connectivity index (χ0) is 35.1. The van der Waals surface area contributed by atoms with Crippen LogP contribution in [0.1, 0.15) is 81.2 Å². The fourth-order valence-corrected chi connectivity index (χ4v) is 7.29. The van der Waals surface area contributed by atoms with Gasteiger partial charge in [-0.2, -0.15) is 4.98 Å². The van der Waals surface area contributed by atoms with E-state index in [1.165, 1.54) is 6.26 Å². The van der Waals surface area contributed by atoms with Crippen molar-refractivity contribution in [3.8, 4) is 28.9 Å². The number of aromatic nitrogens is 4. The van der Waals surface area contributed by atoms with E-state index in [4.69, 9.17) is 28.1 Å². The lowest BCUT2D eigenvalue weighted by atomic mass is 9.72. The van der Waals surface area contributed by atoms with Gasteiger partial charge in [-0.1, -0.05) is 70.1 Å². The summed E-state index contributed by atoms with van der Waals surface area (Å²) in [6, 6.07) is 13.0. The summed E-state index contributed by atoms with van der Waals surface area (Å²) in [5.41, 5.74) is 2.41. The minimum Gasteiger partial charge on any atom is -0.469 e. The van der Waals surface area contributed by atoms with Crippen LogP contribution >= 0.6 is 0 Å². The van der Waals surface area contributed by atoms with Gasteiger partial charge in [-0.15, -0.1) is 0 Å². The standard InChI is InChI=1S/C37H38N6O7/c1-17(2)28(45)25(44)15-20-13-19-11-12-26-22(14-19)37(21-9-7-8-10-23(21)40-35(37)48-26)30-27(33-39-24(16-47-33)32-38-18(3)43-50-32)41-34(49-30)29(36(4,5)6)42-31(20)46/h7-12,14,16-17,20,28-29,35,40,45H,13,15H2,1-6H3,(H,42,46)/t20?,28-,29+,35?,37-/m0/s1. The highest BCUT2D eigenvalue weighted by Crippen LogP contribution is 2.59. The monoisotopic (exact) mass is 678 g/mol. The van der Waals surface area contributed by atoms with Gasteiger partial charge in [0, 0.05) is 23.6 Å². The molecule has 5 atom stereocenters. The molecule has 3 aromatic heterocycles. The summed E-state index contributed by atoms with van der Waals surface area (Å²) in [5.74, 6) is 0.307. The molecule has 3 aliphatic heterocycles. The molecule has 5 aromatic rings. The second kappa shape index (κ2) is 11.4. The normalized spacial score (nSPS) is 22.9. The van der Waals surface area contributed by atoms with E-state index in [0.29, 0.717) is 28.7 Å². The fourth-order valence-electron chi connectivity index (χ4n) is 7.29. The van der Waals surface area contributed by atoms with Gasteiger partial charge in [0.15, 0.2) is 35.0 Å². The lowest BCUT2D eigenvalue weighted by Gasteiger charge is -2.32. The molecule has 0 saturated heterocycles. The number of oxazole rings is 2. The number of para-hydroxylation sites is 1. The first-order valence-corrected chi connectivity index (χ1v) is 16.8. The van der Waals surface area contributed by atoms with Crippen molar-refractivity contribution in [1.82, 2.24) is 25.4 Å². The van der Waals surface area contributed by atoms with Crippen LogP contribution in [0.2, 0.25) is 0 Å². The highest BCUT2D eigenvalue weighted by Gasteiger charge is 2.61. The Labute approximate surface area is 287 Å². The Bertz CT molecular complexity index is 2140. The molecule has 2 aromatic carbocycles. The summed E-state index contributed by atoms with van der Waals surface area (Å²) in [7, 11) is 0. The summed E-state index contributed by atoms with van der Waals surface area (Å²) in [5, 5.41) is 21.3. The first-order valence-electron chi connectivity index (χ1n) is 16.8. The van der Waals surface area contributed by atoms with Gasteiger partial charge < -0.3 is 33.8 Å². The molecule has 0 radical (unpaired) electrons. The summed E-state index contributed by atoms with van der Waals surface area (Å²) in [4.78, 5) is 41.6. The summed E-state index contributed by atoms with van der Waals surface area (Å²) < 4.78 is 25.0. The van der Waals surface area contributed by atoms with Crippen LogP contribution in [0.15, 0.2) is 62.1 Å². The average molecular weight is 679 g/mol. The molecule has 6 heterocycles. The topological polar surface area (TPSA) is 179 Å². The van der Waals surface area contributed by atoms with Crippen LogP contribution in [0.25, 0.3) is 23.2 Å². The third kappa shape index (κ3) is 4.93. The molecule has 1 amide bonds. The first-order chi connectivity index (χ1) is 23.8. The van der Waals surface area contributed by atoms with Gasteiger partial charge in [-0.05, 0) is 47.9 Å². The SMILES string of the molecule is Cc1noc(-c2coc(-c3nc4oc3[C@@]35c6ccccc6NC3Oc3ccc(cc35)CC(CC(=O)[C@@H](O)C(C)C)C(=O)N[C@H]4C(C)(C)C)n2)n1. The number of aryl methyl sites for hydroxylation is 1. The Morgan fingerprint density at radius 3 is 2.60 bits per heavy atom. The number of aliphatic hydroxyl groups excluding tert-OH is 1. The zero-order valence-electron chi connectivity index (χ0n) is 28.6. The van der Waals surface area contributed by atoms with Crippen LogP contribution in [-0.4, -0.2) is 49.2 Å². The van der Waals surface area contributed by atoms with Crippen LogP contribution in [0.5, 0.6) is 5.75 Å². The number of aliphatic hydroxyl groups is 1. The van der Waals surface area contributed by atoms with Gasteiger partial charge in [-0.3, -0.25) is 9.59 Å². The number of rotatable bonds is 6. The molecule has 2 unspecified atom stereocenters. The largest absolute Gasteiger partial charge is 0.469 e. The number of nitrogens with zero attached hydrogens (tertiary/aromatic N) is 4. The number of nitrogens with one attached hydrogen (secondary N) is 2. The molecular formula is C37H38N6O7. The number of Topliss-reactive ketones (excluding diaryl/α,β-unsaturated/α-hetero) is 1. The maximum atomic E-state index is 14.2. The molecule has 0 saturated carbocycles. The number of carbonyl (C=O) groups is 2. The van der Waals surface area contributed by atoms with E-state index in [-0.39, 0.29) is 48.1 Å². The second-order valence-electron chi connectivity index (χ2n) is 14.8. The predicted octanol–water partition coefficient (Wildman–Crippen LogP) is 5.52. The van der Waals surface area contributed by atoms with Crippen molar-refractivity contribution < 1.29 is 32.8 Å². The predicted molar refractivity (Wildman–Crippen MR) is 179 cm³/mol. The number of hydrogen-bond acceptors (Lipinski definition) is 12. The van der Waals surface area contributed by atoms with E-state index in [1.54, 1.807) is 20.8 Å². The van der Waals surface area contributed by atoms with Crippen molar-refractivity contribution in [2.75, 3.05) is 5.32 Å². The first kappa shape index (κ1) is 31.9. The number of carbonyl (C=O) groups excluding carboxylic acids is 2. The van der Waals surface area contributed by atoms with E-state index in [2.05, 4.69) is 20.8 Å². The maximum absolute atomic E-state index is 14.2. The highest BCUT2D eigenvalue weighted by atomic mass is 16.5. The van der Waals surface area contributed by atoms with Crippen LogP contribution in [0.3, 0.4) is 0 Å². The molecule has 3 aliphatic rings. The van der Waals surface area contributed by atoms with Crippen molar-refractivity contribution in [2.24, 2.45) is 17.3 Å². The molecule has 0 aliphatic carbocycles. The van der Waals surface area contributed by atoms with E-state index in [9.17, 15) is 14.7 Å². The minimum atomic E-state index is -1.18. The molecule has 13 heteroatoms. The third-order valence-electron chi connectivity index (χ3n) is 9.86. The summed E-state index contributed by atoms with van der Waals surface area (Å²) in [6.07, 6.45) is -0.252. The fraction of sp³-hybridized carbons (Fsp3) is 0.405.